The maximum absolute atomic E-state index is 12.7. The lowest BCUT2D eigenvalue weighted by Crippen LogP contribution is -2.44. The molecular formula is C17H23ClN2O4. The van der Waals surface area contributed by atoms with Crippen LogP contribution in [-0.4, -0.2) is 51.1 Å². The maximum atomic E-state index is 12.7. The molecule has 0 radical (unpaired) electrons. The smallest absolute Gasteiger partial charge is 0.224 e. The lowest BCUT2D eigenvalue weighted by atomic mass is 10.0. The van der Waals surface area contributed by atoms with E-state index in [0.717, 1.165) is 5.56 Å². The maximum Gasteiger partial charge on any atom is 0.224 e. The molecule has 0 unspecified atom stereocenters. The Kier molecular flexibility index (Phi) is 4.59. The average molecular weight is 355 g/mol. The molecule has 3 rings (SSSR count). The molecule has 0 aliphatic heterocycles. The van der Waals surface area contributed by atoms with E-state index in [1.807, 2.05) is 19.9 Å². The third kappa shape index (κ3) is 2.81. The second kappa shape index (κ2) is 6.26. The number of nitrogens with one attached hydrogen (secondary N) is 1. The quantitative estimate of drug-likeness (QED) is 0.637. The first-order valence-electron chi connectivity index (χ1n) is 8.15. The number of hydrogen-bond donors (Lipinski definition) is 4. The largest absolute Gasteiger partial charge is 0.396 e. The highest BCUT2D eigenvalue weighted by atomic mass is 35.5. The van der Waals surface area contributed by atoms with Gasteiger partial charge in [0.15, 0.2) is 0 Å². The van der Waals surface area contributed by atoms with Gasteiger partial charge in [-0.25, -0.2) is 0 Å². The van der Waals surface area contributed by atoms with Crippen molar-refractivity contribution in [2.45, 2.75) is 44.4 Å². The molecule has 1 amide bonds. The predicted molar refractivity (Wildman–Crippen MR) is 88.4 cm³/mol. The first kappa shape index (κ1) is 17.6. The molecule has 2 fully saturated rings. The van der Waals surface area contributed by atoms with Crippen molar-refractivity contribution >= 4 is 17.5 Å². The number of aromatic nitrogens is 1. The van der Waals surface area contributed by atoms with E-state index in [0.29, 0.717) is 11.4 Å². The monoisotopic (exact) mass is 354 g/mol. The number of aliphatic hydroxyl groups is 3. The lowest BCUT2D eigenvalue weighted by molar-refractivity contribution is -0.124. The van der Waals surface area contributed by atoms with Crippen LogP contribution in [0.3, 0.4) is 0 Å². The number of aliphatic hydroxyl groups excluding tert-OH is 3. The van der Waals surface area contributed by atoms with Gasteiger partial charge >= 0.3 is 0 Å². The predicted octanol–water partition coefficient (Wildman–Crippen LogP) is 0.693. The normalized spacial score (nSPS) is 37.2. The summed E-state index contributed by atoms with van der Waals surface area (Å²) in [5.74, 6) is -0.837. The van der Waals surface area contributed by atoms with Crippen LogP contribution < -0.4 is 5.32 Å². The third-order valence-electron chi connectivity index (χ3n) is 5.61. The molecular weight excluding hydrogens is 332 g/mol. The fraction of sp³-hybridized carbons (Fsp3) is 0.647. The number of hydrogen-bond acceptors (Lipinski definition) is 5. The van der Waals surface area contributed by atoms with Crippen LogP contribution in [0.2, 0.25) is 5.02 Å². The summed E-state index contributed by atoms with van der Waals surface area (Å²) in [5.41, 5.74) is 0.658. The minimum absolute atomic E-state index is 0.00916. The zero-order valence-electron chi connectivity index (χ0n) is 13.7. The summed E-state index contributed by atoms with van der Waals surface area (Å²) in [4.78, 5) is 16.7. The van der Waals surface area contributed by atoms with E-state index in [1.54, 1.807) is 12.4 Å². The van der Waals surface area contributed by atoms with Crippen LogP contribution in [0.15, 0.2) is 18.5 Å². The summed E-state index contributed by atoms with van der Waals surface area (Å²) in [6.45, 7) is 3.80. The van der Waals surface area contributed by atoms with Crippen molar-refractivity contribution in [3.05, 3.63) is 29.0 Å². The van der Waals surface area contributed by atoms with Gasteiger partial charge in [0, 0.05) is 30.8 Å². The fourth-order valence-corrected chi connectivity index (χ4v) is 4.30. The van der Waals surface area contributed by atoms with Gasteiger partial charge in [-0.3, -0.25) is 9.78 Å². The number of carbonyl (C=O) groups excluding carboxylic acids is 1. The molecule has 2 saturated carbocycles. The molecule has 1 aromatic rings. The number of pyridine rings is 1. The molecule has 1 heterocycles. The fourth-order valence-electron chi connectivity index (χ4n) is 4.07. The van der Waals surface area contributed by atoms with Crippen LogP contribution in [0.1, 0.15) is 31.7 Å². The number of halogens is 1. The molecule has 6 nitrogen and oxygen atoms in total. The van der Waals surface area contributed by atoms with E-state index >= 15 is 0 Å². The Hall–Kier alpha value is -1.21. The topological polar surface area (TPSA) is 103 Å². The Morgan fingerprint density at radius 3 is 2.71 bits per heavy atom. The van der Waals surface area contributed by atoms with E-state index in [9.17, 15) is 20.1 Å². The molecule has 1 aromatic heterocycles. The van der Waals surface area contributed by atoms with Gasteiger partial charge in [0.2, 0.25) is 5.91 Å². The molecule has 2 aliphatic carbocycles. The Balaban J connectivity index is 1.71. The van der Waals surface area contributed by atoms with Crippen molar-refractivity contribution in [2.75, 3.05) is 6.61 Å². The van der Waals surface area contributed by atoms with Gasteiger partial charge in [-0.05, 0) is 23.5 Å². The SMILES string of the molecule is CC1(C)[C@H](C(=O)N[C@@H]2C[C@H](CO)[C@@H](O)[C@H]2O)[C@H]1c1ccncc1Cl. The van der Waals surface area contributed by atoms with Crippen LogP contribution in [0.25, 0.3) is 0 Å². The Labute approximate surface area is 145 Å². The average Bonchev–Trinajstić information content (AvgIpc) is 3.01. The summed E-state index contributed by atoms with van der Waals surface area (Å²) in [7, 11) is 0. The minimum Gasteiger partial charge on any atom is -0.396 e. The second-order valence-electron chi connectivity index (χ2n) is 7.45. The van der Waals surface area contributed by atoms with E-state index in [4.69, 9.17) is 11.6 Å². The van der Waals surface area contributed by atoms with Gasteiger partial charge in [0.1, 0.15) is 6.10 Å². The van der Waals surface area contributed by atoms with Gasteiger partial charge in [0.25, 0.3) is 0 Å². The van der Waals surface area contributed by atoms with Crippen molar-refractivity contribution in [1.82, 2.24) is 10.3 Å². The number of amides is 1. The minimum atomic E-state index is -1.06. The Morgan fingerprint density at radius 1 is 1.42 bits per heavy atom. The summed E-state index contributed by atoms with van der Waals surface area (Å²) < 4.78 is 0. The number of carbonyl (C=O) groups is 1. The van der Waals surface area contributed by atoms with E-state index in [1.165, 1.54) is 0 Å². The molecule has 7 heteroatoms. The molecule has 6 atom stereocenters. The van der Waals surface area contributed by atoms with Gasteiger partial charge in [-0.15, -0.1) is 0 Å². The highest BCUT2D eigenvalue weighted by molar-refractivity contribution is 6.31. The first-order valence-corrected chi connectivity index (χ1v) is 8.53. The Morgan fingerprint density at radius 2 is 2.12 bits per heavy atom. The van der Waals surface area contributed by atoms with Crippen molar-refractivity contribution in [2.24, 2.45) is 17.3 Å². The van der Waals surface area contributed by atoms with E-state index in [2.05, 4.69) is 10.3 Å². The van der Waals surface area contributed by atoms with Crippen molar-refractivity contribution < 1.29 is 20.1 Å². The highest BCUT2D eigenvalue weighted by Crippen LogP contribution is 2.65. The molecule has 0 spiro atoms. The van der Waals surface area contributed by atoms with Crippen LogP contribution in [-0.2, 0) is 4.79 Å². The van der Waals surface area contributed by atoms with Crippen molar-refractivity contribution in [1.29, 1.82) is 0 Å². The van der Waals surface area contributed by atoms with E-state index < -0.39 is 24.2 Å². The van der Waals surface area contributed by atoms with Crippen LogP contribution in [0.4, 0.5) is 0 Å². The summed E-state index contributed by atoms with van der Waals surface area (Å²) in [6.07, 6.45) is 1.52. The molecule has 24 heavy (non-hydrogen) atoms. The number of nitrogens with zero attached hydrogens (tertiary/aromatic N) is 1. The van der Waals surface area contributed by atoms with Gasteiger partial charge in [0.05, 0.1) is 23.1 Å². The number of rotatable bonds is 4. The van der Waals surface area contributed by atoms with Crippen molar-refractivity contribution in [3.63, 3.8) is 0 Å². The zero-order valence-corrected chi connectivity index (χ0v) is 14.4. The van der Waals surface area contributed by atoms with Crippen molar-refractivity contribution in [3.8, 4) is 0 Å². The highest BCUT2D eigenvalue weighted by Gasteiger charge is 2.63. The molecule has 132 valence electrons. The molecule has 0 bridgehead atoms. The van der Waals surface area contributed by atoms with E-state index in [-0.39, 0.29) is 29.8 Å². The van der Waals surface area contributed by atoms with Gasteiger partial charge in [-0.1, -0.05) is 25.4 Å². The summed E-state index contributed by atoms with van der Waals surface area (Å²) in [6, 6.07) is 1.28. The Bertz CT molecular complexity index is 639. The van der Waals surface area contributed by atoms with Crippen LogP contribution in [0, 0.1) is 17.3 Å². The van der Waals surface area contributed by atoms with Gasteiger partial charge < -0.3 is 20.6 Å². The van der Waals surface area contributed by atoms with Crippen LogP contribution in [0.5, 0.6) is 0 Å². The zero-order chi connectivity index (χ0) is 17.6. The standard InChI is InChI=1S/C17H23ClN2O4/c1-17(2)12(9-3-4-19-6-10(9)18)13(17)16(24)20-11-5-8(7-21)14(22)15(11)23/h3-4,6,8,11-15,21-23H,5,7H2,1-2H3,(H,20,24)/t8-,11-,12-,13+,14-,15+/m1/s1. The molecule has 0 saturated heterocycles. The third-order valence-corrected chi connectivity index (χ3v) is 5.93. The summed E-state index contributed by atoms with van der Waals surface area (Å²) >= 11 is 6.21. The molecule has 0 aromatic carbocycles. The molecule has 4 N–H and O–H groups in total. The van der Waals surface area contributed by atoms with Gasteiger partial charge in [-0.2, -0.15) is 0 Å². The molecule has 2 aliphatic rings. The van der Waals surface area contributed by atoms with Crippen LogP contribution >= 0.6 is 11.6 Å². The summed E-state index contributed by atoms with van der Waals surface area (Å²) in [5, 5.41) is 32.6. The second-order valence-corrected chi connectivity index (χ2v) is 7.86. The lowest BCUT2D eigenvalue weighted by Gasteiger charge is -2.18. The first-order chi connectivity index (χ1) is 11.3.